The third kappa shape index (κ3) is 3.71. The lowest BCUT2D eigenvalue weighted by molar-refractivity contribution is 0.408. The average Bonchev–Trinajstić information content (AvgIpc) is 2.49. The van der Waals surface area contributed by atoms with Crippen LogP contribution in [0, 0.1) is 19.7 Å². The minimum atomic E-state index is -3.63. The summed E-state index contributed by atoms with van der Waals surface area (Å²) in [6, 6.07) is 8.98. The molecule has 0 aromatic heterocycles. The van der Waals surface area contributed by atoms with Gasteiger partial charge in [-0.1, -0.05) is 12.1 Å². The predicted octanol–water partition coefficient (Wildman–Crippen LogP) is 3.27. The Labute approximate surface area is 136 Å². The van der Waals surface area contributed by atoms with Crippen LogP contribution in [-0.2, 0) is 16.6 Å². The van der Waals surface area contributed by atoms with Crippen molar-refractivity contribution in [2.75, 3.05) is 14.2 Å². The quantitative estimate of drug-likeness (QED) is 0.841. The molecule has 23 heavy (non-hydrogen) atoms. The number of methoxy groups -OCH3 is 1. The van der Waals surface area contributed by atoms with Gasteiger partial charge in [0.05, 0.1) is 12.0 Å². The molecule has 0 atom stereocenters. The summed E-state index contributed by atoms with van der Waals surface area (Å²) in [5.74, 6) is 0.339. The number of halogens is 1. The minimum Gasteiger partial charge on any atom is -0.496 e. The van der Waals surface area contributed by atoms with Crippen LogP contribution in [0.4, 0.5) is 4.39 Å². The van der Waals surface area contributed by atoms with Crippen molar-refractivity contribution in [2.45, 2.75) is 25.3 Å². The largest absolute Gasteiger partial charge is 0.496 e. The molecule has 0 saturated carbocycles. The summed E-state index contributed by atoms with van der Waals surface area (Å²) in [6.07, 6.45) is 0. The number of hydrogen-bond donors (Lipinski definition) is 0. The van der Waals surface area contributed by atoms with Gasteiger partial charge < -0.3 is 4.74 Å². The number of nitrogens with zero attached hydrogens (tertiary/aromatic N) is 1. The maximum atomic E-state index is 12.9. The van der Waals surface area contributed by atoms with E-state index < -0.39 is 10.0 Å². The van der Waals surface area contributed by atoms with Crippen molar-refractivity contribution in [3.63, 3.8) is 0 Å². The first-order valence-electron chi connectivity index (χ1n) is 7.11. The molecule has 4 nitrogen and oxygen atoms in total. The van der Waals surface area contributed by atoms with Crippen molar-refractivity contribution in [1.29, 1.82) is 0 Å². The molecule has 0 radical (unpaired) electrons. The van der Waals surface area contributed by atoms with Crippen LogP contribution in [0.15, 0.2) is 41.3 Å². The van der Waals surface area contributed by atoms with Crippen molar-refractivity contribution in [3.05, 3.63) is 58.9 Å². The average molecular weight is 337 g/mol. The molecular formula is C17H20FNO3S. The SMILES string of the molecule is COc1c(C)cc(S(=O)(=O)N(C)Cc2ccc(F)cc2)cc1C. The fraction of sp³-hybridized carbons (Fsp3) is 0.294. The van der Waals surface area contributed by atoms with Crippen LogP contribution in [0.5, 0.6) is 5.75 Å². The summed E-state index contributed by atoms with van der Waals surface area (Å²) < 4.78 is 44.9. The molecule has 0 bridgehead atoms. The molecule has 0 saturated heterocycles. The molecule has 0 aliphatic rings. The normalized spacial score (nSPS) is 11.7. The Hall–Kier alpha value is -1.92. The fourth-order valence-electron chi connectivity index (χ4n) is 2.49. The van der Waals surface area contributed by atoms with Gasteiger partial charge in [0.2, 0.25) is 10.0 Å². The van der Waals surface area contributed by atoms with Gasteiger partial charge in [-0.3, -0.25) is 0 Å². The molecule has 0 amide bonds. The monoisotopic (exact) mass is 337 g/mol. The molecule has 0 spiro atoms. The highest BCUT2D eigenvalue weighted by Crippen LogP contribution is 2.28. The van der Waals surface area contributed by atoms with E-state index >= 15 is 0 Å². The van der Waals surface area contributed by atoms with E-state index in [0.29, 0.717) is 5.75 Å². The van der Waals surface area contributed by atoms with Gasteiger partial charge in [0.25, 0.3) is 0 Å². The summed E-state index contributed by atoms with van der Waals surface area (Å²) in [5, 5.41) is 0. The number of rotatable bonds is 5. The van der Waals surface area contributed by atoms with Crippen LogP contribution in [0.1, 0.15) is 16.7 Å². The Morgan fingerprint density at radius 3 is 2.09 bits per heavy atom. The van der Waals surface area contributed by atoms with E-state index in [0.717, 1.165) is 16.7 Å². The smallest absolute Gasteiger partial charge is 0.243 e. The topological polar surface area (TPSA) is 46.6 Å². The maximum Gasteiger partial charge on any atom is 0.243 e. The van der Waals surface area contributed by atoms with Crippen molar-refractivity contribution >= 4 is 10.0 Å². The van der Waals surface area contributed by atoms with Gasteiger partial charge >= 0.3 is 0 Å². The Morgan fingerprint density at radius 1 is 1.09 bits per heavy atom. The maximum absolute atomic E-state index is 12.9. The molecule has 0 heterocycles. The summed E-state index contributed by atoms with van der Waals surface area (Å²) >= 11 is 0. The van der Waals surface area contributed by atoms with E-state index in [9.17, 15) is 12.8 Å². The molecule has 2 aromatic rings. The Kier molecular flexibility index (Phi) is 5.06. The number of aryl methyl sites for hydroxylation is 2. The molecule has 2 rings (SSSR count). The second-order valence-corrected chi connectivity index (χ2v) is 7.52. The number of benzene rings is 2. The highest BCUT2D eigenvalue weighted by molar-refractivity contribution is 7.89. The number of hydrogen-bond acceptors (Lipinski definition) is 3. The second kappa shape index (κ2) is 6.68. The summed E-state index contributed by atoms with van der Waals surface area (Å²) in [5.41, 5.74) is 2.25. The van der Waals surface area contributed by atoms with Crippen molar-refractivity contribution in [3.8, 4) is 5.75 Å². The van der Waals surface area contributed by atoms with Gasteiger partial charge in [-0.25, -0.2) is 12.8 Å². The summed E-state index contributed by atoms with van der Waals surface area (Å²) in [4.78, 5) is 0.220. The Morgan fingerprint density at radius 2 is 1.61 bits per heavy atom. The molecule has 124 valence electrons. The van der Waals surface area contributed by atoms with E-state index in [1.165, 1.54) is 23.5 Å². The van der Waals surface area contributed by atoms with Gasteiger partial charge in [0, 0.05) is 13.6 Å². The first-order chi connectivity index (χ1) is 10.8. The van der Waals surface area contributed by atoms with E-state index in [2.05, 4.69) is 0 Å². The molecule has 0 unspecified atom stereocenters. The lowest BCUT2D eigenvalue weighted by atomic mass is 10.1. The van der Waals surface area contributed by atoms with Crippen LogP contribution >= 0.6 is 0 Å². The number of sulfonamides is 1. The second-order valence-electron chi connectivity index (χ2n) is 5.48. The molecule has 0 aliphatic heterocycles. The van der Waals surface area contributed by atoms with Crippen LogP contribution in [0.3, 0.4) is 0 Å². The first kappa shape index (κ1) is 17.4. The van der Waals surface area contributed by atoms with E-state index in [1.807, 2.05) is 13.8 Å². The fourth-order valence-corrected chi connectivity index (χ4v) is 3.82. The molecule has 0 N–H and O–H groups in total. The first-order valence-corrected chi connectivity index (χ1v) is 8.55. The highest BCUT2D eigenvalue weighted by atomic mass is 32.2. The minimum absolute atomic E-state index is 0.173. The third-order valence-electron chi connectivity index (χ3n) is 3.66. The molecule has 2 aromatic carbocycles. The van der Waals surface area contributed by atoms with E-state index in [-0.39, 0.29) is 17.3 Å². The molecule has 6 heteroatoms. The van der Waals surface area contributed by atoms with Gasteiger partial charge in [-0.05, 0) is 54.8 Å². The van der Waals surface area contributed by atoms with Gasteiger partial charge in [0.1, 0.15) is 11.6 Å². The zero-order valence-corrected chi connectivity index (χ0v) is 14.4. The van der Waals surface area contributed by atoms with Crippen LogP contribution < -0.4 is 4.74 Å². The number of ether oxygens (including phenoxy) is 1. The van der Waals surface area contributed by atoms with Crippen LogP contribution in [0.25, 0.3) is 0 Å². The Bertz CT molecular complexity index is 778. The van der Waals surface area contributed by atoms with Crippen molar-refractivity contribution in [2.24, 2.45) is 0 Å². The third-order valence-corrected chi connectivity index (χ3v) is 5.45. The van der Waals surface area contributed by atoms with Crippen molar-refractivity contribution in [1.82, 2.24) is 4.31 Å². The van der Waals surface area contributed by atoms with Gasteiger partial charge in [-0.15, -0.1) is 0 Å². The molecule has 0 fully saturated rings. The zero-order valence-electron chi connectivity index (χ0n) is 13.6. The highest BCUT2D eigenvalue weighted by Gasteiger charge is 2.22. The van der Waals surface area contributed by atoms with Gasteiger partial charge in [0.15, 0.2) is 0 Å². The van der Waals surface area contributed by atoms with Crippen LogP contribution in [0.2, 0.25) is 0 Å². The zero-order chi connectivity index (χ0) is 17.2. The van der Waals surface area contributed by atoms with Crippen LogP contribution in [-0.4, -0.2) is 26.9 Å². The summed E-state index contributed by atoms with van der Waals surface area (Å²) in [7, 11) is -0.566. The summed E-state index contributed by atoms with van der Waals surface area (Å²) in [6.45, 7) is 3.79. The lowest BCUT2D eigenvalue weighted by Crippen LogP contribution is -2.26. The van der Waals surface area contributed by atoms with Crippen molar-refractivity contribution < 1.29 is 17.5 Å². The van der Waals surface area contributed by atoms with E-state index in [1.54, 1.807) is 31.4 Å². The predicted molar refractivity (Wildman–Crippen MR) is 87.5 cm³/mol. The lowest BCUT2D eigenvalue weighted by Gasteiger charge is -2.19. The van der Waals surface area contributed by atoms with Gasteiger partial charge in [-0.2, -0.15) is 4.31 Å². The standard InChI is InChI=1S/C17H20FNO3S/c1-12-9-16(10-13(2)17(12)22-4)23(20,21)19(3)11-14-5-7-15(18)8-6-14/h5-10H,11H2,1-4H3. The Balaban J connectivity index is 2.32. The molecular weight excluding hydrogens is 317 g/mol. The molecule has 0 aliphatic carbocycles. The van der Waals surface area contributed by atoms with E-state index in [4.69, 9.17) is 4.74 Å².